The van der Waals surface area contributed by atoms with Gasteiger partial charge in [-0.15, -0.1) is 0 Å². The third kappa shape index (κ3) is 1.45. The van der Waals surface area contributed by atoms with Crippen LogP contribution in [0.15, 0.2) is 12.1 Å². The Balaban J connectivity index is 3.21. The third-order valence-corrected chi connectivity index (χ3v) is 1.83. The van der Waals surface area contributed by atoms with Gasteiger partial charge >= 0.3 is 0 Å². The zero-order chi connectivity index (χ0) is 8.43. The van der Waals surface area contributed by atoms with Crippen molar-refractivity contribution in [2.75, 3.05) is 5.73 Å². The van der Waals surface area contributed by atoms with Crippen molar-refractivity contribution in [2.24, 2.45) is 0 Å². The molecule has 0 saturated carbocycles. The first-order valence-electron chi connectivity index (χ1n) is 3.73. The monoisotopic (exact) mass is 151 g/mol. The van der Waals surface area contributed by atoms with Crippen molar-refractivity contribution >= 4 is 5.69 Å². The van der Waals surface area contributed by atoms with Gasteiger partial charge in [-0.25, -0.2) is 0 Å². The minimum absolute atomic E-state index is 0.196. The summed E-state index contributed by atoms with van der Waals surface area (Å²) in [4.78, 5) is 0. The lowest BCUT2D eigenvalue weighted by molar-refractivity contribution is 0.477. The van der Waals surface area contributed by atoms with E-state index in [2.05, 4.69) is 0 Å². The number of hydrogen-bond donors (Lipinski definition) is 2. The van der Waals surface area contributed by atoms with E-state index in [1.165, 1.54) is 0 Å². The fourth-order valence-electron chi connectivity index (χ4n) is 1.06. The van der Waals surface area contributed by atoms with Crippen LogP contribution in [0.1, 0.15) is 18.1 Å². The van der Waals surface area contributed by atoms with Gasteiger partial charge in [-0.2, -0.15) is 0 Å². The highest BCUT2D eigenvalue weighted by atomic mass is 16.3. The molecule has 0 spiro atoms. The van der Waals surface area contributed by atoms with E-state index in [-0.39, 0.29) is 5.75 Å². The molecular formula is C9H13NO. The Morgan fingerprint density at radius 2 is 2.09 bits per heavy atom. The van der Waals surface area contributed by atoms with Crippen LogP contribution in [-0.4, -0.2) is 5.11 Å². The van der Waals surface area contributed by atoms with Crippen molar-refractivity contribution in [1.82, 2.24) is 0 Å². The maximum Gasteiger partial charge on any atom is 0.139 e. The first kappa shape index (κ1) is 7.92. The normalized spacial score (nSPS) is 10.0. The van der Waals surface area contributed by atoms with E-state index in [1.54, 1.807) is 6.07 Å². The number of aromatic hydroxyl groups is 1. The molecule has 0 bridgehead atoms. The van der Waals surface area contributed by atoms with E-state index >= 15 is 0 Å². The molecule has 2 heteroatoms. The van der Waals surface area contributed by atoms with Gasteiger partial charge in [-0.05, 0) is 30.5 Å². The van der Waals surface area contributed by atoms with E-state index in [4.69, 9.17) is 5.73 Å². The number of phenolic OH excluding ortho intramolecular Hbond substituents is 1. The molecular weight excluding hydrogens is 138 g/mol. The number of phenols is 1. The predicted molar refractivity (Wildman–Crippen MR) is 46.6 cm³/mol. The van der Waals surface area contributed by atoms with Crippen LogP contribution in [0.5, 0.6) is 5.75 Å². The molecule has 0 aromatic heterocycles. The minimum Gasteiger partial charge on any atom is -0.506 e. The van der Waals surface area contributed by atoms with Crippen molar-refractivity contribution in [3.05, 3.63) is 23.3 Å². The summed E-state index contributed by atoms with van der Waals surface area (Å²) in [6.45, 7) is 3.94. The molecule has 60 valence electrons. The summed E-state index contributed by atoms with van der Waals surface area (Å²) >= 11 is 0. The molecule has 1 aromatic rings. The lowest BCUT2D eigenvalue weighted by Crippen LogP contribution is -1.92. The van der Waals surface area contributed by atoms with E-state index in [9.17, 15) is 5.11 Å². The first-order valence-corrected chi connectivity index (χ1v) is 3.73. The van der Waals surface area contributed by atoms with Crippen molar-refractivity contribution in [2.45, 2.75) is 20.3 Å². The van der Waals surface area contributed by atoms with Crippen LogP contribution in [-0.2, 0) is 6.42 Å². The molecule has 0 aliphatic rings. The van der Waals surface area contributed by atoms with Gasteiger partial charge in [0.2, 0.25) is 0 Å². The largest absolute Gasteiger partial charge is 0.506 e. The molecule has 2 nitrogen and oxygen atoms in total. The molecule has 0 heterocycles. The molecule has 0 unspecified atom stereocenters. The average Bonchev–Trinajstić information content (AvgIpc) is 1.99. The molecule has 3 N–H and O–H groups in total. The maximum atomic E-state index is 9.29. The summed E-state index contributed by atoms with van der Waals surface area (Å²) in [7, 11) is 0. The summed E-state index contributed by atoms with van der Waals surface area (Å²) < 4.78 is 0. The molecule has 11 heavy (non-hydrogen) atoms. The van der Waals surface area contributed by atoms with Crippen LogP contribution in [0.4, 0.5) is 5.69 Å². The summed E-state index contributed by atoms with van der Waals surface area (Å²) in [5.41, 5.74) is 8.11. The van der Waals surface area contributed by atoms with Crippen LogP contribution >= 0.6 is 0 Å². The Labute approximate surface area is 66.7 Å². The van der Waals surface area contributed by atoms with E-state index in [1.807, 2.05) is 19.9 Å². The van der Waals surface area contributed by atoms with Crippen LogP contribution in [0, 0.1) is 6.92 Å². The van der Waals surface area contributed by atoms with Gasteiger partial charge in [0.1, 0.15) is 5.75 Å². The number of aryl methyl sites for hydroxylation is 2. The molecule has 0 atom stereocenters. The van der Waals surface area contributed by atoms with Gasteiger partial charge in [0.15, 0.2) is 0 Å². The fourth-order valence-corrected chi connectivity index (χ4v) is 1.06. The van der Waals surface area contributed by atoms with Gasteiger partial charge in [0.05, 0.1) is 5.69 Å². The van der Waals surface area contributed by atoms with Crippen molar-refractivity contribution < 1.29 is 5.11 Å². The van der Waals surface area contributed by atoms with Crippen LogP contribution in [0.25, 0.3) is 0 Å². The second-order valence-corrected chi connectivity index (χ2v) is 2.70. The SMILES string of the molecule is CCc1cc(C)c(N)c(O)c1. The van der Waals surface area contributed by atoms with Crippen LogP contribution in [0.3, 0.4) is 0 Å². The number of benzene rings is 1. The summed E-state index contributed by atoms with van der Waals surface area (Å²) in [5, 5.41) is 9.29. The maximum absolute atomic E-state index is 9.29. The van der Waals surface area contributed by atoms with Crippen molar-refractivity contribution in [3.8, 4) is 5.75 Å². The zero-order valence-electron chi connectivity index (χ0n) is 6.89. The summed E-state index contributed by atoms with van der Waals surface area (Å²) in [5.74, 6) is 0.196. The van der Waals surface area contributed by atoms with Gasteiger partial charge in [0, 0.05) is 0 Å². The number of hydrogen-bond acceptors (Lipinski definition) is 2. The highest BCUT2D eigenvalue weighted by Gasteiger charge is 2.01. The van der Waals surface area contributed by atoms with Gasteiger partial charge in [-0.3, -0.25) is 0 Å². The molecule has 0 fully saturated rings. The quantitative estimate of drug-likeness (QED) is 0.475. The van der Waals surface area contributed by atoms with Crippen LogP contribution in [0.2, 0.25) is 0 Å². The minimum atomic E-state index is 0.196. The third-order valence-electron chi connectivity index (χ3n) is 1.83. The molecule has 0 amide bonds. The highest BCUT2D eigenvalue weighted by Crippen LogP contribution is 2.25. The Hall–Kier alpha value is -1.18. The fraction of sp³-hybridized carbons (Fsp3) is 0.333. The first-order chi connectivity index (χ1) is 5.15. The van der Waals surface area contributed by atoms with Gasteiger partial charge in [-0.1, -0.05) is 13.0 Å². The van der Waals surface area contributed by atoms with E-state index in [0.717, 1.165) is 17.5 Å². The van der Waals surface area contributed by atoms with Crippen LogP contribution < -0.4 is 5.73 Å². The molecule has 0 aliphatic heterocycles. The Bertz CT molecular complexity index is 245. The van der Waals surface area contributed by atoms with E-state index < -0.39 is 0 Å². The predicted octanol–water partition coefficient (Wildman–Crippen LogP) is 1.85. The lowest BCUT2D eigenvalue weighted by atomic mass is 10.1. The molecule has 0 aliphatic carbocycles. The lowest BCUT2D eigenvalue weighted by Gasteiger charge is -2.05. The van der Waals surface area contributed by atoms with Crippen molar-refractivity contribution in [3.63, 3.8) is 0 Å². The number of rotatable bonds is 1. The van der Waals surface area contributed by atoms with Gasteiger partial charge < -0.3 is 10.8 Å². The Kier molecular flexibility index (Phi) is 2.03. The molecule has 1 rings (SSSR count). The molecule has 0 radical (unpaired) electrons. The number of nitrogen functional groups attached to an aromatic ring is 1. The second kappa shape index (κ2) is 2.82. The van der Waals surface area contributed by atoms with E-state index in [0.29, 0.717) is 5.69 Å². The topological polar surface area (TPSA) is 46.2 Å². The Morgan fingerprint density at radius 1 is 1.45 bits per heavy atom. The van der Waals surface area contributed by atoms with Crippen molar-refractivity contribution in [1.29, 1.82) is 0 Å². The smallest absolute Gasteiger partial charge is 0.139 e. The molecule has 1 aromatic carbocycles. The van der Waals surface area contributed by atoms with Gasteiger partial charge in [0.25, 0.3) is 0 Å². The average molecular weight is 151 g/mol. The standard InChI is InChI=1S/C9H13NO/c1-3-7-4-6(2)9(10)8(11)5-7/h4-5,11H,3,10H2,1-2H3. The number of nitrogens with two attached hydrogens (primary N) is 1. The highest BCUT2D eigenvalue weighted by molar-refractivity contribution is 5.58. The summed E-state index contributed by atoms with van der Waals surface area (Å²) in [6, 6.07) is 3.71. The summed E-state index contributed by atoms with van der Waals surface area (Å²) in [6.07, 6.45) is 0.925. The molecule has 0 saturated heterocycles. The zero-order valence-corrected chi connectivity index (χ0v) is 6.89. The Morgan fingerprint density at radius 3 is 2.55 bits per heavy atom. The number of anilines is 1. The second-order valence-electron chi connectivity index (χ2n) is 2.70.